The number of nitrogens with zero attached hydrogens (tertiary/aromatic N) is 1. The summed E-state index contributed by atoms with van der Waals surface area (Å²) in [6, 6.07) is 25.1. The third kappa shape index (κ3) is 11.2. The highest BCUT2D eigenvalue weighted by Gasteiger charge is 2.40. The number of nitrogens with one attached hydrogen (secondary N) is 2. The van der Waals surface area contributed by atoms with Crippen molar-refractivity contribution in [3.63, 3.8) is 0 Å². The van der Waals surface area contributed by atoms with Crippen LogP contribution in [0.4, 0.5) is 10.1 Å². The van der Waals surface area contributed by atoms with Gasteiger partial charge in [-0.05, 0) is 85.8 Å². The van der Waals surface area contributed by atoms with Gasteiger partial charge in [-0.1, -0.05) is 86.4 Å². The minimum absolute atomic E-state index is 0.0247. The van der Waals surface area contributed by atoms with Crippen LogP contribution in [-0.2, 0) is 27.3 Å². The highest BCUT2D eigenvalue weighted by molar-refractivity contribution is 6.31. The second kappa shape index (κ2) is 18.7. The maximum Gasteiger partial charge on any atom is 0.256 e. The number of halogens is 3. The van der Waals surface area contributed by atoms with Crippen LogP contribution in [-0.4, -0.2) is 51.3 Å². The van der Waals surface area contributed by atoms with Gasteiger partial charge in [-0.3, -0.25) is 9.59 Å². The van der Waals surface area contributed by atoms with Crippen molar-refractivity contribution in [2.75, 3.05) is 38.3 Å². The SMILES string of the molecule is COc1c(OCCCNCCCc2cccc(Cl)c2)cccc1[C@H]1O[C@H](CC(=O)NCc2ccccc2F)C(=O)N(CC(C)(C)C)c2ccc(Cl)cc21. The Morgan fingerprint density at radius 3 is 2.43 bits per heavy atom. The van der Waals surface area contributed by atoms with Crippen LogP contribution >= 0.6 is 23.2 Å². The molecule has 4 aromatic carbocycles. The lowest BCUT2D eigenvalue weighted by atomic mass is 9.94. The summed E-state index contributed by atoms with van der Waals surface area (Å²) in [7, 11) is 1.56. The third-order valence-corrected chi connectivity index (χ3v) is 9.27. The lowest BCUT2D eigenvalue weighted by Crippen LogP contribution is -2.45. The molecule has 282 valence electrons. The first-order chi connectivity index (χ1) is 25.4. The number of amides is 2. The Balaban J connectivity index is 1.33. The number of ether oxygens (including phenoxy) is 3. The molecule has 0 aromatic heterocycles. The van der Waals surface area contributed by atoms with Gasteiger partial charge in [0.1, 0.15) is 18.0 Å². The summed E-state index contributed by atoms with van der Waals surface area (Å²) in [5.74, 6) is -0.254. The van der Waals surface area contributed by atoms with Gasteiger partial charge in [0.2, 0.25) is 5.91 Å². The first-order valence-corrected chi connectivity index (χ1v) is 18.7. The predicted molar refractivity (Wildman–Crippen MR) is 209 cm³/mol. The average Bonchev–Trinajstić information content (AvgIpc) is 3.22. The quantitative estimate of drug-likeness (QED) is 0.111. The van der Waals surface area contributed by atoms with Crippen molar-refractivity contribution >= 4 is 40.7 Å². The van der Waals surface area contributed by atoms with E-state index in [1.165, 1.54) is 11.6 Å². The molecular formula is C42H48Cl2FN3O5. The van der Waals surface area contributed by atoms with E-state index < -0.39 is 23.9 Å². The molecule has 4 aromatic rings. The summed E-state index contributed by atoms with van der Waals surface area (Å²) in [5.41, 5.74) is 3.17. The van der Waals surface area contributed by atoms with Gasteiger partial charge in [0, 0.05) is 45.5 Å². The zero-order chi connectivity index (χ0) is 38.0. The summed E-state index contributed by atoms with van der Waals surface area (Å²) >= 11 is 12.7. The molecule has 0 unspecified atom stereocenters. The first-order valence-electron chi connectivity index (χ1n) is 17.9. The van der Waals surface area contributed by atoms with E-state index in [0.29, 0.717) is 52.1 Å². The van der Waals surface area contributed by atoms with Crippen molar-refractivity contribution in [2.45, 2.75) is 65.2 Å². The Labute approximate surface area is 321 Å². The molecule has 2 amide bonds. The van der Waals surface area contributed by atoms with Crippen molar-refractivity contribution in [1.82, 2.24) is 10.6 Å². The smallest absolute Gasteiger partial charge is 0.256 e. The molecule has 0 bridgehead atoms. The zero-order valence-corrected chi connectivity index (χ0v) is 32.2. The van der Waals surface area contributed by atoms with Crippen LogP contribution in [0.1, 0.15) is 68.4 Å². The summed E-state index contributed by atoms with van der Waals surface area (Å²) in [5, 5.41) is 7.45. The highest BCUT2D eigenvalue weighted by atomic mass is 35.5. The van der Waals surface area contributed by atoms with Crippen LogP contribution < -0.4 is 25.0 Å². The molecule has 53 heavy (non-hydrogen) atoms. The molecule has 2 atom stereocenters. The molecule has 1 aliphatic heterocycles. The maximum atomic E-state index is 14.3. The summed E-state index contributed by atoms with van der Waals surface area (Å²) in [6.07, 6.45) is 0.410. The Morgan fingerprint density at radius 1 is 0.925 bits per heavy atom. The monoisotopic (exact) mass is 763 g/mol. The molecule has 0 saturated heterocycles. The Bertz CT molecular complexity index is 1870. The lowest BCUT2D eigenvalue weighted by molar-refractivity contribution is -0.138. The van der Waals surface area contributed by atoms with Crippen molar-refractivity contribution in [3.05, 3.63) is 123 Å². The number of carbonyl (C=O) groups excluding carboxylic acids is 2. The van der Waals surface area contributed by atoms with Gasteiger partial charge in [-0.15, -0.1) is 0 Å². The minimum Gasteiger partial charge on any atom is -0.492 e. The van der Waals surface area contributed by atoms with Crippen molar-refractivity contribution in [2.24, 2.45) is 5.41 Å². The van der Waals surface area contributed by atoms with E-state index in [0.717, 1.165) is 37.4 Å². The Hall–Kier alpha value is -4.15. The van der Waals surface area contributed by atoms with Gasteiger partial charge in [0.25, 0.3) is 5.91 Å². The molecular weight excluding hydrogens is 716 g/mol. The number of para-hydroxylation sites is 1. The van der Waals surface area contributed by atoms with Crippen molar-refractivity contribution in [3.8, 4) is 11.5 Å². The molecule has 5 rings (SSSR count). The van der Waals surface area contributed by atoms with Gasteiger partial charge < -0.3 is 29.7 Å². The van der Waals surface area contributed by atoms with Crippen molar-refractivity contribution in [1.29, 1.82) is 0 Å². The fourth-order valence-electron chi connectivity index (χ4n) is 6.34. The van der Waals surface area contributed by atoms with E-state index >= 15 is 0 Å². The van der Waals surface area contributed by atoms with Crippen LogP contribution in [0.2, 0.25) is 10.0 Å². The molecule has 0 saturated carbocycles. The van der Waals surface area contributed by atoms with E-state index in [2.05, 4.69) is 16.7 Å². The fourth-order valence-corrected chi connectivity index (χ4v) is 6.74. The zero-order valence-electron chi connectivity index (χ0n) is 30.7. The fraction of sp³-hybridized carbons (Fsp3) is 0.381. The predicted octanol–water partition coefficient (Wildman–Crippen LogP) is 8.71. The van der Waals surface area contributed by atoms with Gasteiger partial charge in [0.05, 0.1) is 20.1 Å². The summed E-state index contributed by atoms with van der Waals surface area (Å²) < 4.78 is 33.2. The number of methoxy groups -OCH3 is 1. The largest absolute Gasteiger partial charge is 0.492 e. The van der Waals surface area contributed by atoms with E-state index in [4.69, 9.17) is 37.4 Å². The van der Waals surface area contributed by atoms with Crippen LogP contribution in [0.5, 0.6) is 11.5 Å². The number of carbonyl (C=O) groups is 2. The summed E-state index contributed by atoms with van der Waals surface area (Å²) in [6.45, 7) is 8.54. The molecule has 11 heteroatoms. The molecule has 1 heterocycles. The number of fused-ring (bicyclic) bond motifs is 1. The minimum atomic E-state index is -1.17. The Morgan fingerprint density at radius 2 is 1.68 bits per heavy atom. The topological polar surface area (TPSA) is 89.1 Å². The van der Waals surface area contributed by atoms with Gasteiger partial charge >= 0.3 is 0 Å². The molecule has 0 fully saturated rings. The molecule has 8 nitrogen and oxygen atoms in total. The van der Waals surface area contributed by atoms with Crippen molar-refractivity contribution < 1.29 is 28.2 Å². The number of hydrogen-bond acceptors (Lipinski definition) is 6. The normalized spacial score (nSPS) is 15.8. The van der Waals surface area contributed by atoms with E-state index in [9.17, 15) is 14.0 Å². The number of anilines is 1. The number of hydrogen-bond donors (Lipinski definition) is 2. The van der Waals surface area contributed by atoms with Crippen LogP contribution in [0.15, 0.2) is 84.9 Å². The number of benzene rings is 4. The third-order valence-electron chi connectivity index (χ3n) is 8.80. The van der Waals surface area contributed by atoms with Gasteiger partial charge in [0.15, 0.2) is 11.5 Å². The van der Waals surface area contributed by atoms with Crippen LogP contribution in [0, 0.1) is 11.2 Å². The number of aryl methyl sites for hydroxylation is 1. The second-order valence-corrected chi connectivity index (χ2v) is 15.2. The lowest BCUT2D eigenvalue weighted by Gasteiger charge is -2.31. The second-order valence-electron chi connectivity index (χ2n) is 14.3. The molecule has 0 radical (unpaired) electrons. The first kappa shape index (κ1) is 40.0. The van der Waals surface area contributed by atoms with Crippen LogP contribution in [0.25, 0.3) is 0 Å². The number of rotatable bonds is 16. The average molecular weight is 765 g/mol. The van der Waals surface area contributed by atoms with E-state index in [1.807, 2.05) is 63.2 Å². The van der Waals surface area contributed by atoms with Crippen LogP contribution in [0.3, 0.4) is 0 Å². The molecule has 1 aliphatic rings. The standard InChI is InChI=1S/C42H48Cl2FN3O5/c1-42(2,3)27-48-35-19-18-31(44)24-33(35)39(53-37(41(48)50)25-38(49)47-26-29-13-5-6-16-34(29)45)32-15-8-17-36(40(32)51-4)52-22-10-21-46-20-9-12-28-11-7-14-30(43)23-28/h5-8,11,13-19,23-24,37,39,46H,9-10,12,20-22,25-27H2,1-4H3,(H,47,49)/t37-,39-/m1/s1. The van der Waals surface area contributed by atoms with E-state index in [-0.39, 0.29) is 24.3 Å². The van der Waals surface area contributed by atoms with E-state index in [1.54, 1.807) is 42.3 Å². The molecule has 2 N–H and O–H groups in total. The van der Waals surface area contributed by atoms with Gasteiger partial charge in [-0.25, -0.2) is 4.39 Å². The van der Waals surface area contributed by atoms with Gasteiger partial charge in [-0.2, -0.15) is 0 Å². The molecule has 0 aliphatic carbocycles. The molecule has 0 spiro atoms. The highest BCUT2D eigenvalue weighted by Crippen LogP contribution is 2.45. The summed E-state index contributed by atoms with van der Waals surface area (Å²) in [4.78, 5) is 29.4. The Kier molecular flexibility index (Phi) is 14.2. The maximum absolute atomic E-state index is 14.3.